The van der Waals surface area contributed by atoms with Gasteiger partial charge in [-0.25, -0.2) is 4.79 Å². The van der Waals surface area contributed by atoms with E-state index >= 15 is 0 Å². The molecule has 0 aliphatic heterocycles. The number of fused-ring (bicyclic) bond motifs is 1. The standard InChI is InChI=1S/C13H21N3O5.C9H9N.C2H6/c1-8(2)21-13(20)11(5-4-10(18)6-14)16-12(19)7-15-9(3)17;1-7-6-10-9-5-3-2-4-8(7)9;1-2/h6,8,11,14H,4-5,7H2,1-3H3,(H,15,17)(H,16,19);2-6,10H,1H3;1-2H3. The highest BCUT2D eigenvalue weighted by Crippen LogP contribution is 2.15. The summed E-state index contributed by atoms with van der Waals surface area (Å²) >= 11 is 0. The molecule has 0 saturated heterocycles. The Morgan fingerprint density at radius 3 is 2.33 bits per heavy atom. The number of Topliss-reactive ketones (excluding diaryl/α,β-unsaturated/α-hetero) is 1. The smallest absolute Gasteiger partial charge is 0.328 e. The maximum Gasteiger partial charge on any atom is 0.328 e. The Hall–Kier alpha value is -3.49. The zero-order chi connectivity index (χ0) is 25.4. The van der Waals surface area contributed by atoms with Crippen LogP contribution in [0.2, 0.25) is 0 Å². The number of hydrogen-bond donors (Lipinski definition) is 4. The lowest BCUT2D eigenvalue weighted by Crippen LogP contribution is -2.46. The summed E-state index contributed by atoms with van der Waals surface area (Å²) in [6, 6.07) is 7.32. The van der Waals surface area contributed by atoms with Gasteiger partial charge in [-0.3, -0.25) is 14.4 Å². The number of ether oxygens (including phenoxy) is 1. The molecular formula is C24H36N4O5. The van der Waals surface area contributed by atoms with Crippen molar-refractivity contribution in [2.24, 2.45) is 0 Å². The van der Waals surface area contributed by atoms with Gasteiger partial charge in [-0.1, -0.05) is 32.0 Å². The number of carbonyl (C=O) groups is 4. The highest BCUT2D eigenvalue weighted by atomic mass is 16.5. The molecule has 0 saturated carbocycles. The predicted molar refractivity (Wildman–Crippen MR) is 129 cm³/mol. The van der Waals surface area contributed by atoms with Gasteiger partial charge in [-0.15, -0.1) is 0 Å². The first-order valence-electron chi connectivity index (χ1n) is 10.9. The second-order valence-electron chi connectivity index (χ2n) is 7.18. The molecule has 33 heavy (non-hydrogen) atoms. The Bertz CT molecular complexity index is 920. The number of amides is 2. The van der Waals surface area contributed by atoms with Crippen LogP contribution >= 0.6 is 0 Å². The number of rotatable bonds is 9. The molecule has 0 fully saturated rings. The fourth-order valence-electron chi connectivity index (χ4n) is 2.59. The number of nitrogens with one attached hydrogen (secondary N) is 4. The number of para-hydroxylation sites is 1. The van der Waals surface area contributed by atoms with Gasteiger partial charge < -0.3 is 25.8 Å². The van der Waals surface area contributed by atoms with E-state index in [0.717, 1.165) is 0 Å². The second-order valence-corrected chi connectivity index (χ2v) is 7.18. The number of ketones is 1. The summed E-state index contributed by atoms with van der Waals surface area (Å²) in [5.74, 6) is -2.03. The summed E-state index contributed by atoms with van der Waals surface area (Å²) < 4.78 is 5.00. The van der Waals surface area contributed by atoms with Crippen molar-refractivity contribution < 1.29 is 23.9 Å². The van der Waals surface area contributed by atoms with Gasteiger partial charge >= 0.3 is 5.97 Å². The number of aryl methyl sites for hydroxylation is 1. The first kappa shape index (κ1) is 29.5. The fourth-order valence-corrected chi connectivity index (χ4v) is 2.59. The highest BCUT2D eigenvalue weighted by molar-refractivity contribution is 6.26. The van der Waals surface area contributed by atoms with Gasteiger partial charge in [0, 0.05) is 30.4 Å². The van der Waals surface area contributed by atoms with Crippen LogP contribution in [0.5, 0.6) is 0 Å². The zero-order valence-electron chi connectivity index (χ0n) is 20.3. The minimum Gasteiger partial charge on any atom is -0.461 e. The molecule has 1 aromatic heterocycles. The van der Waals surface area contributed by atoms with E-state index in [-0.39, 0.29) is 31.4 Å². The monoisotopic (exact) mass is 460 g/mol. The van der Waals surface area contributed by atoms with Crippen molar-refractivity contribution in [2.45, 2.75) is 66.5 Å². The molecular weight excluding hydrogens is 424 g/mol. The molecule has 4 N–H and O–H groups in total. The van der Waals surface area contributed by atoms with Gasteiger partial charge in [0.15, 0.2) is 5.78 Å². The van der Waals surface area contributed by atoms with E-state index in [1.807, 2.05) is 26.1 Å². The first-order valence-corrected chi connectivity index (χ1v) is 10.9. The molecule has 1 unspecified atom stereocenters. The van der Waals surface area contributed by atoms with Gasteiger partial charge in [0.2, 0.25) is 11.8 Å². The van der Waals surface area contributed by atoms with E-state index < -0.39 is 23.7 Å². The quantitative estimate of drug-likeness (QED) is 0.336. The average molecular weight is 461 g/mol. The third kappa shape index (κ3) is 12.2. The molecule has 1 aromatic carbocycles. The van der Waals surface area contributed by atoms with Crippen molar-refractivity contribution in [1.29, 1.82) is 5.41 Å². The number of aromatic nitrogens is 1. The SMILES string of the molecule is CC.CC(=O)NCC(=O)NC(CCC(=O)C=N)C(=O)OC(C)C.Cc1c[nH]c2ccccc12. The van der Waals surface area contributed by atoms with E-state index in [1.54, 1.807) is 13.8 Å². The summed E-state index contributed by atoms with van der Waals surface area (Å²) in [5, 5.41) is 12.8. The Kier molecular flexibility index (Phi) is 14.5. The highest BCUT2D eigenvalue weighted by Gasteiger charge is 2.23. The van der Waals surface area contributed by atoms with E-state index in [1.165, 1.54) is 23.4 Å². The van der Waals surface area contributed by atoms with Crippen LogP contribution in [0.1, 0.15) is 53.0 Å². The Morgan fingerprint density at radius 2 is 1.79 bits per heavy atom. The van der Waals surface area contributed by atoms with E-state index in [9.17, 15) is 19.2 Å². The molecule has 2 amide bonds. The number of hydrogen-bond acceptors (Lipinski definition) is 6. The molecule has 2 rings (SSSR count). The molecule has 2 aromatic rings. The predicted octanol–water partition coefficient (Wildman–Crippen LogP) is 3.06. The molecule has 0 aliphatic carbocycles. The first-order chi connectivity index (χ1) is 15.6. The van der Waals surface area contributed by atoms with Crippen LogP contribution in [0, 0.1) is 12.3 Å². The maximum absolute atomic E-state index is 11.8. The second kappa shape index (κ2) is 16.2. The average Bonchev–Trinajstić information content (AvgIpc) is 3.17. The Morgan fingerprint density at radius 1 is 1.15 bits per heavy atom. The van der Waals surface area contributed by atoms with Crippen molar-refractivity contribution in [3.63, 3.8) is 0 Å². The topological polar surface area (TPSA) is 141 Å². The minimum absolute atomic E-state index is 0.0333. The van der Waals surface area contributed by atoms with Crippen molar-refractivity contribution in [1.82, 2.24) is 15.6 Å². The van der Waals surface area contributed by atoms with Gasteiger partial charge in [0.25, 0.3) is 0 Å². The van der Waals surface area contributed by atoms with Crippen LogP contribution < -0.4 is 10.6 Å². The summed E-state index contributed by atoms with van der Waals surface area (Å²) in [4.78, 5) is 48.4. The van der Waals surface area contributed by atoms with Crippen molar-refractivity contribution >= 4 is 40.7 Å². The molecule has 0 spiro atoms. The maximum atomic E-state index is 11.8. The number of benzene rings is 1. The van der Waals surface area contributed by atoms with Crippen LogP contribution in [-0.2, 0) is 23.9 Å². The summed E-state index contributed by atoms with van der Waals surface area (Å²) in [6.45, 7) is 10.4. The Labute approximate surface area is 195 Å². The Balaban J connectivity index is 0.000000697. The number of aromatic amines is 1. The summed E-state index contributed by atoms with van der Waals surface area (Å²) in [6.07, 6.45) is 2.31. The molecule has 0 radical (unpaired) electrons. The number of esters is 1. The van der Waals surface area contributed by atoms with Crippen LogP contribution in [0.15, 0.2) is 30.5 Å². The van der Waals surface area contributed by atoms with Gasteiger partial charge in [-0.2, -0.15) is 0 Å². The molecule has 1 atom stereocenters. The molecule has 0 aliphatic rings. The van der Waals surface area contributed by atoms with Gasteiger partial charge in [0.05, 0.1) is 18.9 Å². The largest absolute Gasteiger partial charge is 0.461 e. The molecule has 182 valence electrons. The number of H-pyrrole nitrogens is 1. The molecule has 9 nitrogen and oxygen atoms in total. The molecule has 1 heterocycles. The lowest BCUT2D eigenvalue weighted by Gasteiger charge is -2.18. The third-order valence-corrected chi connectivity index (χ3v) is 4.11. The van der Waals surface area contributed by atoms with E-state index in [0.29, 0.717) is 6.21 Å². The zero-order valence-corrected chi connectivity index (χ0v) is 20.3. The van der Waals surface area contributed by atoms with Crippen LogP contribution in [0.25, 0.3) is 10.9 Å². The third-order valence-electron chi connectivity index (χ3n) is 4.11. The number of carbonyl (C=O) groups excluding carboxylic acids is 4. The van der Waals surface area contributed by atoms with Crippen LogP contribution in [-0.4, -0.2) is 53.5 Å². The van der Waals surface area contributed by atoms with Crippen LogP contribution in [0.4, 0.5) is 0 Å². The summed E-state index contributed by atoms with van der Waals surface area (Å²) in [7, 11) is 0. The lowest BCUT2D eigenvalue weighted by atomic mass is 10.1. The lowest BCUT2D eigenvalue weighted by molar-refractivity contribution is -0.151. The van der Waals surface area contributed by atoms with Gasteiger partial charge in [-0.05, 0) is 38.8 Å². The molecule has 9 heteroatoms. The van der Waals surface area contributed by atoms with Crippen molar-refractivity contribution in [2.75, 3.05) is 6.54 Å². The molecule has 0 bridgehead atoms. The van der Waals surface area contributed by atoms with Gasteiger partial charge in [0.1, 0.15) is 6.04 Å². The fraction of sp³-hybridized carbons (Fsp3) is 0.458. The normalized spacial score (nSPS) is 10.6. The minimum atomic E-state index is -0.988. The van der Waals surface area contributed by atoms with E-state index in [4.69, 9.17) is 10.1 Å². The van der Waals surface area contributed by atoms with E-state index in [2.05, 4.69) is 40.7 Å². The summed E-state index contributed by atoms with van der Waals surface area (Å²) in [5.41, 5.74) is 2.54. The van der Waals surface area contributed by atoms with Crippen LogP contribution in [0.3, 0.4) is 0 Å². The van der Waals surface area contributed by atoms with Crippen molar-refractivity contribution in [3.8, 4) is 0 Å². The van der Waals surface area contributed by atoms with Crippen molar-refractivity contribution in [3.05, 3.63) is 36.0 Å².